The molecule has 3 aliphatic heterocycles. The van der Waals surface area contributed by atoms with E-state index in [0.717, 1.165) is 79.5 Å². The molecule has 1 saturated carbocycles. The molecular formula is C67H82F2N10O7S. The average Bonchev–Trinajstić information content (AvgIpc) is 1.37. The molecule has 10 rings (SSSR count). The molecule has 462 valence electrons. The zero-order valence-electron chi connectivity index (χ0n) is 50.8. The van der Waals surface area contributed by atoms with Crippen molar-refractivity contribution in [1.82, 2.24) is 46.1 Å². The van der Waals surface area contributed by atoms with Crippen molar-refractivity contribution >= 4 is 62.3 Å². The summed E-state index contributed by atoms with van der Waals surface area (Å²) in [4.78, 5) is 78.3. The average molecular weight is 1210 g/mol. The van der Waals surface area contributed by atoms with Crippen LogP contribution >= 0.6 is 11.3 Å². The second-order valence-electron chi connectivity index (χ2n) is 25.7. The number of aromatic hydroxyl groups is 1. The molecule has 3 saturated heterocycles. The number of Topliss-reactive ketones (excluding diaryl/α,β-unsaturated/α-hetero) is 1. The van der Waals surface area contributed by atoms with Crippen LogP contribution in [0.3, 0.4) is 0 Å². The van der Waals surface area contributed by atoms with E-state index in [0.29, 0.717) is 55.5 Å². The molecule has 1 aliphatic carbocycles. The number of halogens is 2. The van der Waals surface area contributed by atoms with Gasteiger partial charge in [-0.15, -0.1) is 17.8 Å². The van der Waals surface area contributed by atoms with Crippen molar-refractivity contribution < 1.29 is 42.9 Å². The van der Waals surface area contributed by atoms with E-state index < -0.39 is 41.0 Å². The summed E-state index contributed by atoms with van der Waals surface area (Å²) < 4.78 is 38.5. The lowest BCUT2D eigenvalue weighted by molar-refractivity contribution is -0.137. The maximum Gasteiger partial charge on any atom is 0.319 e. The Labute approximate surface area is 512 Å². The molecule has 87 heavy (non-hydrogen) atoms. The number of rotatable bonds is 24. The number of phenols is 1. The summed E-state index contributed by atoms with van der Waals surface area (Å²) in [5.41, 5.74) is 4.04. The lowest BCUT2D eigenvalue weighted by Crippen LogP contribution is -2.52. The smallest absolute Gasteiger partial charge is 0.319 e. The molecule has 4 fully saturated rings. The Balaban J connectivity index is 0.642. The van der Waals surface area contributed by atoms with Crippen LogP contribution in [0.1, 0.15) is 147 Å². The number of hydrogen-bond donors (Lipinski definition) is 6. The van der Waals surface area contributed by atoms with E-state index >= 15 is 8.78 Å². The summed E-state index contributed by atoms with van der Waals surface area (Å²) in [6.07, 6.45) is 17.5. The number of aromatic nitrogens is 4. The van der Waals surface area contributed by atoms with Crippen LogP contribution in [-0.2, 0) is 19.2 Å². The fourth-order valence-corrected chi connectivity index (χ4v) is 14.2. The number of aliphatic hydroxyl groups excluding tert-OH is 1. The predicted octanol–water partition coefficient (Wildman–Crippen LogP) is 10.0. The zero-order chi connectivity index (χ0) is 61.7. The van der Waals surface area contributed by atoms with Crippen LogP contribution in [0.5, 0.6) is 11.8 Å². The second kappa shape index (κ2) is 27.5. The number of ketones is 1. The lowest BCUT2D eigenvalue weighted by atomic mass is 9.77. The van der Waals surface area contributed by atoms with E-state index in [2.05, 4.69) is 51.9 Å². The van der Waals surface area contributed by atoms with Crippen molar-refractivity contribution in [2.45, 2.75) is 173 Å². The first-order valence-corrected chi connectivity index (χ1v) is 31.8. The number of aryl methyl sites for hydroxylation is 1. The van der Waals surface area contributed by atoms with Crippen molar-refractivity contribution in [2.75, 3.05) is 38.2 Å². The number of piperazine rings is 1. The van der Waals surface area contributed by atoms with Crippen molar-refractivity contribution in [3.63, 3.8) is 0 Å². The number of fused-ring (bicyclic) bond motifs is 4. The van der Waals surface area contributed by atoms with Crippen LogP contribution in [0.25, 0.3) is 43.4 Å². The molecule has 3 aromatic carbocycles. The number of phenolic OH excluding ortho intramolecular Hbond substituents is 1. The van der Waals surface area contributed by atoms with E-state index in [9.17, 15) is 29.4 Å². The summed E-state index contributed by atoms with van der Waals surface area (Å²) in [7, 11) is 1.98. The highest BCUT2D eigenvalue weighted by Gasteiger charge is 2.47. The van der Waals surface area contributed by atoms with E-state index in [1.54, 1.807) is 11.3 Å². The molecule has 6 aromatic rings. The van der Waals surface area contributed by atoms with Crippen molar-refractivity contribution in [2.24, 2.45) is 17.3 Å². The van der Waals surface area contributed by atoms with Crippen molar-refractivity contribution in [1.29, 1.82) is 0 Å². The topological polar surface area (TPSA) is 224 Å². The number of likely N-dealkylation sites (tertiary alicyclic amines) is 1. The van der Waals surface area contributed by atoms with Gasteiger partial charge in [0.1, 0.15) is 35.2 Å². The largest absolute Gasteiger partial charge is 0.508 e. The molecule has 3 aromatic heterocycles. The summed E-state index contributed by atoms with van der Waals surface area (Å²) in [6.45, 7) is 11.7. The summed E-state index contributed by atoms with van der Waals surface area (Å²) in [5, 5.41) is 35.5. The van der Waals surface area contributed by atoms with Crippen LogP contribution in [0.2, 0.25) is 0 Å². The summed E-state index contributed by atoms with van der Waals surface area (Å²) in [5.74, 6) is -0.834. The Morgan fingerprint density at radius 2 is 1.55 bits per heavy atom. The van der Waals surface area contributed by atoms with Crippen LogP contribution < -0.4 is 30.9 Å². The van der Waals surface area contributed by atoms with Gasteiger partial charge in [0.25, 0.3) is 0 Å². The van der Waals surface area contributed by atoms with Gasteiger partial charge in [0.2, 0.25) is 17.7 Å². The quantitative estimate of drug-likeness (QED) is 0.0245. The Morgan fingerprint density at radius 1 is 0.874 bits per heavy atom. The third-order valence-corrected chi connectivity index (χ3v) is 19.1. The minimum atomic E-state index is -0.814. The number of amides is 3. The molecule has 9 atom stereocenters. The second-order valence-corrected chi connectivity index (χ2v) is 26.5. The number of benzene rings is 3. The molecule has 0 spiro atoms. The van der Waals surface area contributed by atoms with E-state index in [1.807, 2.05) is 71.4 Å². The molecule has 4 aliphatic rings. The first-order valence-electron chi connectivity index (χ1n) is 31.0. The maximum absolute atomic E-state index is 17.1. The molecule has 17 nitrogen and oxygen atoms in total. The fourth-order valence-electron chi connectivity index (χ4n) is 13.4. The number of likely N-dealkylation sites (N-methyl/N-ethyl adjacent to an activating group) is 1. The molecular weight excluding hydrogens is 1130 g/mol. The maximum atomic E-state index is 17.1. The number of anilines is 1. The molecule has 4 unspecified atom stereocenters. The summed E-state index contributed by atoms with van der Waals surface area (Å²) in [6, 6.07) is 12.7. The third-order valence-electron chi connectivity index (χ3n) is 18.1. The monoisotopic (exact) mass is 1210 g/mol. The highest BCUT2D eigenvalue weighted by Crippen LogP contribution is 2.41. The number of nitrogens with one attached hydrogen (secondary N) is 4. The van der Waals surface area contributed by atoms with Crippen LogP contribution in [0.4, 0.5) is 14.6 Å². The minimum absolute atomic E-state index is 0.00431. The molecule has 20 heteroatoms. The third kappa shape index (κ3) is 14.7. The number of pyridine rings is 1. The number of hydrogen-bond acceptors (Lipinski definition) is 15. The Morgan fingerprint density at radius 3 is 2.22 bits per heavy atom. The number of ether oxygens (including phenoxy) is 1. The normalized spacial score (nSPS) is 21.9. The van der Waals surface area contributed by atoms with Gasteiger partial charge in [0.05, 0.1) is 51.1 Å². The highest BCUT2D eigenvalue weighted by molar-refractivity contribution is 7.13. The van der Waals surface area contributed by atoms with Crippen molar-refractivity contribution in [3.8, 4) is 45.8 Å². The molecule has 2 bridgehead atoms. The number of nitrogens with zero attached hydrogens (tertiary/aromatic N) is 6. The first-order chi connectivity index (χ1) is 41.7. The molecule has 3 amide bonds. The Bertz CT molecular complexity index is 3520. The number of terminal acetylenes is 1. The molecule has 6 heterocycles. The first kappa shape index (κ1) is 62.9. The van der Waals surface area contributed by atoms with Crippen LogP contribution in [0.15, 0.2) is 60.2 Å². The van der Waals surface area contributed by atoms with Gasteiger partial charge in [0, 0.05) is 79.7 Å². The predicted molar refractivity (Wildman–Crippen MR) is 334 cm³/mol. The fraction of sp³-hybridized carbons (Fsp3) is 0.522. The Kier molecular flexibility index (Phi) is 19.8. The summed E-state index contributed by atoms with van der Waals surface area (Å²) >= 11 is 1.58. The Hall–Kier alpha value is -7.18. The van der Waals surface area contributed by atoms with Gasteiger partial charge in [0.15, 0.2) is 11.6 Å². The number of thiazole rings is 1. The number of carbonyl (C=O) groups excluding carboxylic acids is 4. The van der Waals surface area contributed by atoms with Crippen LogP contribution in [-0.4, -0.2) is 128 Å². The SMILES string of the molecule is C#Cc1c(F)ccc2cc(O)cc(-c3ncc4c(N5CC6CCC(C5)N6)nc(OCC5C[C@@H](NC(=O)CCCCCCCCCCC(=O)N[C@H](C(=O)C6C[C@H](O)C[C@H]6C(=O)N[C@@H](C)c6ccc(-c7scnc7C)cc6)C(C)(C)C)CN5C)nc4c3F)c12. The number of carbonyl (C=O) groups is 4. The standard InChI is InChI=1S/C67H82F2N10O7S/c1-8-49-54(68)26-23-42-27-47(80)31-52(57(42)49)59-58(69)60-53(32-70-59)64(79-34-43-24-25-44(35-79)73-43)77-66(76-60)86-36-46-28-45(33-78(46)7)74-55(82)17-15-13-11-9-10-12-14-16-18-56(83)75-63(67(4,5)6)61(84)50-29-48(81)30-51(50)65(85)72-38(2)40-19-21-41(22-20-40)62-39(3)71-37-87-62/h1,19-23,26-27,31-32,37-38,43-46,48,50-51,63,73,80-81H,9-18,24-25,28-30,33-36H2,2-7H3,(H,72,85)(H,74,82)(H,75,83)/t38-,43?,44?,45+,46?,48-,50?,51+,63+/m0/s1. The lowest BCUT2D eigenvalue weighted by Gasteiger charge is -2.34. The molecule has 6 N–H and O–H groups in total. The van der Waals surface area contributed by atoms with Gasteiger partial charge in [-0.1, -0.05) is 95.5 Å². The van der Waals surface area contributed by atoms with Gasteiger partial charge in [-0.3, -0.25) is 29.1 Å². The number of unbranched alkanes of at least 4 members (excludes halogenated alkanes) is 7. The molecule has 0 radical (unpaired) electrons. The van der Waals surface area contributed by atoms with Gasteiger partial charge in [-0.25, -0.2) is 13.8 Å². The van der Waals surface area contributed by atoms with Gasteiger partial charge < -0.3 is 41.1 Å². The van der Waals surface area contributed by atoms with Gasteiger partial charge >= 0.3 is 6.01 Å². The zero-order valence-corrected chi connectivity index (χ0v) is 51.6. The van der Waals surface area contributed by atoms with E-state index in [-0.39, 0.29) is 119 Å². The van der Waals surface area contributed by atoms with Gasteiger partial charge in [-0.05, 0) is 106 Å². The minimum Gasteiger partial charge on any atom is -0.508 e. The van der Waals surface area contributed by atoms with Crippen LogP contribution in [0, 0.1) is 48.2 Å². The van der Waals surface area contributed by atoms with Crippen molar-refractivity contribution in [3.05, 3.63) is 88.7 Å². The van der Waals surface area contributed by atoms with E-state index in [4.69, 9.17) is 16.1 Å². The highest BCUT2D eigenvalue weighted by atomic mass is 32.1. The van der Waals surface area contributed by atoms with E-state index in [1.165, 1.54) is 30.5 Å². The van der Waals surface area contributed by atoms with Gasteiger partial charge in [-0.2, -0.15) is 9.97 Å². The number of aliphatic hydroxyl groups is 1.